The highest BCUT2D eigenvalue weighted by atomic mass is 16.2. The molecule has 2 fully saturated rings. The molecule has 0 bridgehead atoms. The van der Waals surface area contributed by atoms with E-state index in [0.29, 0.717) is 29.7 Å². The van der Waals surface area contributed by atoms with Gasteiger partial charge in [-0.2, -0.15) is 0 Å². The third kappa shape index (κ3) is 4.95. The summed E-state index contributed by atoms with van der Waals surface area (Å²) in [5.74, 6) is 0.641. The topological polar surface area (TPSA) is 104 Å². The van der Waals surface area contributed by atoms with E-state index in [9.17, 15) is 9.59 Å². The van der Waals surface area contributed by atoms with Crippen LogP contribution >= 0.6 is 0 Å². The van der Waals surface area contributed by atoms with E-state index in [1.54, 1.807) is 24.5 Å². The van der Waals surface area contributed by atoms with Crippen LogP contribution in [0.5, 0.6) is 0 Å². The number of primary amides is 1. The zero-order valence-electron chi connectivity index (χ0n) is 18.0. The van der Waals surface area contributed by atoms with Crippen LogP contribution in [0.4, 0.5) is 17.3 Å². The third-order valence-electron chi connectivity index (χ3n) is 6.28. The van der Waals surface area contributed by atoms with Crippen molar-refractivity contribution in [2.45, 2.75) is 32.6 Å². The van der Waals surface area contributed by atoms with E-state index in [4.69, 9.17) is 5.73 Å². The summed E-state index contributed by atoms with van der Waals surface area (Å²) >= 11 is 0. The van der Waals surface area contributed by atoms with Crippen LogP contribution in [0.2, 0.25) is 0 Å². The summed E-state index contributed by atoms with van der Waals surface area (Å²) < 4.78 is 0. The highest BCUT2D eigenvalue weighted by molar-refractivity contribution is 6.01. The quantitative estimate of drug-likeness (QED) is 0.768. The maximum absolute atomic E-state index is 12.9. The van der Waals surface area contributed by atoms with Crippen molar-refractivity contribution in [3.63, 3.8) is 0 Å². The number of carbonyl (C=O) groups excluding carboxylic acids is 2. The van der Waals surface area contributed by atoms with Crippen molar-refractivity contribution >= 4 is 29.1 Å². The number of nitrogens with zero attached hydrogens (tertiary/aromatic N) is 4. The number of piperidine rings is 2. The van der Waals surface area contributed by atoms with E-state index in [1.807, 2.05) is 17.0 Å². The number of anilines is 3. The number of carbonyl (C=O) groups is 2. The Kier molecular flexibility index (Phi) is 6.34. The highest BCUT2D eigenvalue weighted by Crippen LogP contribution is 2.29. The van der Waals surface area contributed by atoms with Gasteiger partial charge in [0.2, 0.25) is 11.9 Å². The molecule has 2 aromatic rings. The molecule has 1 aromatic carbocycles. The summed E-state index contributed by atoms with van der Waals surface area (Å²) in [7, 11) is 0. The van der Waals surface area contributed by atoms with E-state index in [0.717, 1.165) is 51.0 Å². The van der Waals surface area contributed by atoms with Gasteiger partial charge in [-0.25, -0.2) is 9.97 Å². The molecule has 3 N–H and O–H groups in total. The number of hydrogen-bond donors (Lipinski definition) is 2. The fraction of sp³-hybridized carbons (Fsp3) is 0.478. The fourth-order valence-corrected chi connectivity index (χ4v) is 4.41. The molecule has 2 saturated heterocycles. The van der Waals surface area contributed by atoms with Gasteiger partial charge in [0.1, 0.15) is 0 Å². The van der Waals surface area contributed by atoms with Crippen LogP contribution in [0.25, 0.3) is 0 Å². The van der Waals surface area contributed by atoms with Gasteiger partial charge >= 0.3 is 0 Å². The van der Waals surface area contributed by atoms with Crippen molar-refractivity contribution in [2.75, 3.05) is 41.3 Å². The lowest BCUT2D eigenvalue weighted by atomic mass is 9.96. The van der Waals surface area contributed by atoms with Crippen LogP contribution in [0.1, 0.15) is 43.0 Å². The summed E-state index contributed by atoms with van der Waals surface area (Å²) in [4.78, 5) is 37.9. The molecule has 0 aliphatic carbocycles. The lowest BCUT2D eigenvalue weighted by Gasteiger charge is -2.33. The number of nitrogens with two attached hydrogens (primary N) is 1. The third-order valence-corrected chi connectivity index (χ3v) is 6.28. The van der Waals surface area contributed by atoms with E-state index >= 15 is 0 Å². The molecule has 0 saturated carbocycles. The molecule has 8 nitrogen and oxygen atoms in total. The van der Waals surface area contributed by atoms with Crippen molar-refractivity contribution in [2.24, 2.45) is 17.6 Å². The zero-order chi connectivity index (χ0) is 21.8. The van der Waals surface area contributed by atoms with E-state index < -0.39 is 5.91 Å². The minimum Gasteiger partial charge on any atom is -0.371 e. The summed E-state index contributed by atoms with van der Waals surface area (Å²) in [6.07, 6.45) is 7.32. The molecule has 1 unspecified atom stereocenters. The average molecular weight is 423 g/mol. The monoisotopic (exact) mass is 422 g/mol. The summed E-state index contributed by atoms with van der Waals surface area (Å²) in [6.45, 7) is 5.48. The molecular weight excluding hydrogens is 392 g/mol. The number of amides is 2. The average Bonchev–Trinajstić information content (AvgIpc) is 2.80. The number of nitrogens with one attached hydrogen (secondary N) is 1. The predicted molar refractivity (Wildman–Crippen MR) is 121 cm³/mol. The summed E-state index contributed by atoms with van der Waals surface area (Å²) in [5, 5.41) is 2.98. The van der Waals surface area contributed by atoms with Gasteiger partial charge in [0.15, 0.2) is 0 Å². The Labute approximate surface area is 182 Å². The lowest BCUT2D eigenvalue weighted by Crippen LogP contribution is -2.41. The van der Waals surface area contributed by atoms with Crippen molar-refractivity contribution in [1.29, 1.82) is 0 Å². The van der Waals surface area contributed by atoms with Gasteiger partial charge in [0.05, 0.1) is 11.5 Å². The molecule has 3 heterocycles. The van der Waals surface area contributed by atoms with Crippen molar-refractivity contribution in [1.82, 2.24) is 9.97 Å². The van der Waals surface area contributed by atoms with Gasteiger partial charge in [-0.1, -0.05) is 6.92 Å². The summed E-state index contributed by atoms with van der Waals surface area (Å²) in [6, 6.07) is 7.24. The largest absolute Gasteiger partial charge is 0.371 e. The van der Waals surface area contributed by atoms with Gasteiger partial charge in [-0.05, 0) is 55.9 Å². The first-order chi connectivity index (χ1) is 15.0. The Balaban J connectivity index is 1.45. The lowest BCUT2D eigenvalue weighted by molar-refractivity contribution is -0.120. The molecule has 1 atom stereocenters. The minimum absolute atomic E-state index is 0.0596. The predicted octanol–water partition coefficient (Wildman–Crippen LogP) is 2.67. The van der Waals surface area contributed by atoms with Gasteiger partial charge in [0, 0.05) is 49.9 Å². The van der Waals surface area contributed by atoms with Crippen LogP contribution < -0.4 is 20.9 Å². The molecule has 8 heteroatoms. The normalized spacial score (nSPS) is 19.8. The van der Waals surface area contributed by atoms with E-state index in [-0.39, 0.29) is 11.8 Å². The number of aromatic nitrogens is 2. The molecule has 31 heavy (non-hydrogen) atoms. The Morgan fingerprint density at radius 1 is 1.06 bits per heavy atom. The smallest absolute Gasteiger partial charge is 0.250 e. The molecule has 164 valence electrons. The second-order valence-corrected chi connectivity index (χ2v) is 8.59. The summed E-state index contributed by atoms with van der Waals surface area (Å²) in [5.41, 5.74) is 7.58. The maximum atomic E-state index is 12.9. The second kappa shape index (κ2) is 9.32. The first-order valence-corrected chi connectivity index (χ1v) is 11.0. The molecular formula is C23H30N6O2. The zero-order valence-corrected chi connectivity index (χ0v) is 18.0. The second-order valence-electron chi connectivity index (χ2n) is 8.59. The van der Waals surface area contributed by atoms with Gasteiger partial charge in [0.25, 0.3) is 5.91 Å². The van der Waals surface area contributed by atoms with Crippen molar-refractivity contribution < 1.29 is 9.59 Å². The molecule has 2 amide bonds. The Bertz CT molecular complexity index is 927. The molecule has 0 radical (unpaired) electrons. The van der Waals surface area contributed by atoms with Gasteiger partial charge in [-0.3, -0.25) is 9.59 Å². The SMILES string of the molecule is CC1CCN(c2ccc(NC(=O)C3CCCN(c4ncccn4)C3)cc2C(N)=O)CC1. The molecule has 0 spiro atoms. The Hall–Kier alpha value is -3.16. The Morgan fingerprint density at radius 2 is 1.81 bits per heavy atom. The first-order valence-electron chi connectivity index (χ1n) is 11.0. The van der Waals surface area contributed by atoms with Crippen LogP contribution in [-0.4, -0.2) is 48.0 Å². The number of rotatable bonds is 5. The Morgan fingerprint density at radius 3 is 2.52 bits per heavy atom. The molecule has 2 aliphatic rings. The van der Waals surface area contributed by atoms with Gasteiger partial charge in [-0.15, -0.1) is 0 Å². The number of benzene rings is 1. The van der Waals surface area contributed by atoms with E-state index in [2.05, 4.69) is 27.1 Å². The van der Waals surface area contributed by atoms with Crippen molar-refractivity contribution in [3.8, 4) is 0 Å². The van der Waals surface area contributed by atoms with Crippen molar-refractivity contribution in [3.05, 3.63) is 42.2 Å². The molecule has 4 rings (SSSR count). The highest BCUT2D eigenvalue weighted by Gasteiger charge is 2.27. The van der Waals surface area contributed by atoms with Crippen LogP contribution in [0.15, 0.2) is 36.7 Å². The van der Waals surface area contributed by atoms with Crippen LogP contribution in [-0.2, 0) is 4.79 Å². The van der Waals surface area contributed by atoms with Crippen LogP contribution in [0, 0.1) is 11.8 Å². The molecule has 1 aromatic heterocycles. The molecule has 2 aliphatic heterocycles. The first kappa shape index (κ1) is 21.1. The van der Waals surface area contributed by atoms with Crippen LogP contribution in [0.3, 0.4) is 0 Å². The maximum Gasteiger partial charge on any atom is 0.250 e. The number of hydrogen-bond acceptors (Lipinski definition) is 6. The fourth-order valence-electron chi connectivity index (χ4n) is 4.41. The van der Waals surface area contributed by atoms with Gasteiger partial charge < -0.3 is 20.9 Å². The van der Waals surface area contributed by atoms with E-state index in [1.165, 1.54) is 0 Å². The minimum atomic E-state index is -0.477. The standard InChI is InChI=1S/C23H30N6O2/c1-16-7-12-28(13-8-16)20-6-5-18(14-19(20)21(24)30)27-22(31)17-4-2-11-29(15-17)23-25-9-3-10-26-23/h3,5-6,9-10,14,16-17H,2,4,7-8,11-13,15H2,1H3,(H2,24,30)(H,27,31).